The minimum absolute atomic E-state index is 0.607. The summed E-state index contributed by atoms with van der Waals surface area (Å²) in [7, 11) is 4.22. The fourth-order valence-corrected chi connectivity index (χ4v) is 1.98. The van der Waals surface area contributed by atoms with Crippen molar-refractivity contribution in [3.8, 4) is 11.4 Å². The van der Waals surface area contributed by atoms with Gasteiger partial charge in [0.15, 0.2) is 11.9 Å². The number of rotatable bonds is 4. The Kier molecular flexibility index (Phi) is 3.49. The van der Waals surface area contributed by atoms with E-state index in [0.29, 0.717) is 11.0 Å². The first-order valence-corrected chi connectivity index (χ1v) is 6.30. The molecule has 90 valence electrons. The first-order valence-electron chi connectivity index (χ1n) is 5.52. The number of nitrogens with zero attached hydrogens (tertiary/aromatic N) is 3. The zero-order valence-corrected chi connectivity index (χ0v) is 11.1. The second-order valence-electron chi connectivity index (χ2n) is 4.23. The van der Waals surface area contributed by atoms with Crippen molar-refractivity contribution < 1.29 is 8.41 Å². The molecule has 0 unspecified atom stereocenters. The minimum atomic E-state index is 0.607. The molecule has 1 aromatic carbocycles. The topological polar surface area (TPSA) is 38.9 Å². The largest absolute Gasteiger partial charge is 0.343 e. The number of quaternary nitrogens is 1. The zero-order chi connectivity index (χ0) is 12.3. The van der Waals surface area contributed by atoms with E-state index in [1.165, 1.54) is 0 Å². The van der Waals surface area contributed by atoms with E-state index in [0.717, 1.165) is 16.0 Å². The summed E-state index contributed by atoms with van der Waals surface area (Å²) in [6.07, 6.45) is 0. The van der Waals surface area contributed by atoms with Crippen molar-refractivity contribution >= 4 is 11.9 Å². The number of aromatic nitrogens is 2. The van der Waals surface area contributed by atoms with Gasteiger partial charge < -0.3 is 4.52 Å². The maximum Gasteiger partial charge on any atom is 0.343 e. The van der Waals surface area contributed by atoms with Crippen LogP contribution in [0.5, 0.6) is 0 Å². The molecule has 0 saturated carbocycles. The van der Waals surface area contributed by atoms with E-state index < -0.39 is 0 Å². The summed E-state index contributed by atoms with van der Waals surface area (Å²) in [6.45, 7) is 3.12. The standard InChI is InChI=1S/C12H16N3OS/c1-4-15(2,3)17-12-13-11(14-16-12)10-8-6-5-7-9-10/h5-9H,4H2,1-3H3/q+1. The Balaban J connectivity index is 2.17. The minimum Gasteiger partial charge on any atom is -0.321 e. The van der Waals surface area contributed by atoms with Crippen LogP contribution < -0.4 is 0 Å². The Morgan fingerprint density at radius 2 is 1.94 bits per heavy atom. The van der Waals surface area contributed by atoms with E-state index in [1.54, 1.807) is 11.9 Å². The molecule has 0 aliphatic rings. The van der Waals surface area contributed by atoms with Gasteiger partial charge in [0.05, 0.1) is 20.6 Å². The molecule has 2 rings (SSSR count). The quantitative estimate of drug-likeness (QED) is 0.618. The van der Waals surface area contributed by atoms with Gasteiger partial charge in [-0.1, -0.05) is 35.5 Å². The van der Waals surface area contributed by atoms with Gasteiger partial charge in [0.1, 0.15) is 0 Å². The predicted octanol–water partition coefficient (Wildman–Crippen LogP) is 2.84. The lowest BCUT2D eigenvalue weighted by molar-refractivity contribution is -0.748. The summed E-state index contributed by atoms with van der Waals surface area (Å²) >= 11 is 1.56. The van der Waals surface area contributed by atoms with E-state index in [-0.39, 0.29) is 0 Å². The van der Waals surface area contributed by atoms with Gasteiger partial charge in [0.2, 0.25) is 5.82 Å². The lowest BCUT2D eigenvalue weighted by atomic mass is 10.2. The van der Waals surface area contributed by atoms with Crippen LogP contribution in [-0.4, -0.2) is 34.7 Å². The Hall–Kier alpha value is -1.33. The SMILES string of the molecule is CC[N+](C)(C)Sc1nc(-c2ccccc2)no1. The van der Waals surface area contributed by atoms with Crippen LogP contribution in [0.4, 0.5) is 0 Å². The van der Waals surface area contributed by atoms with Crippen LogP contribution in [0.25, 0.3) is 11.4 Å². The van der Waals surface area contributed by atoms with Crippen molar-refractivity contribution in [2.75, 3.05) is 20.6 Å². The second-order valence-corrected chi connectivity index (χ2v) is 5.75. The highest BCUT2D eigenvalue weighted by Gasteiger charge is 2.21. The van der Waals surface area contributed by atoms with E-state index >= 15 is 0 Å². The Labute approximate surface area is 105 Å². The summed E-state index contributed by atoms with van der Waals surface area (Å²) in [6, 6.07) is 9.84. The van der Waals surface area contributed by atoms with E-state index in [2.05, 4.69) is 31.2 Å². The lowest BCUT2D eigenvalue weighted by Gasteiger charge is -2.21. The van der Waals surface area contributed by atoms with Crippen LogP contribution in [0.1, 0.15) is 6.92 Å². The van der Waals surface area contributed by atoms with Crippen LogP contribution in [-0.2, 0) is 0 Å². The third kappa shape index (κ3) is 3.08. The molecule has 0 aliphatic heterocycles. The van der Waals surface area contributed by atoms with Gasteiger partial charge >= 0.3 is 5.22 Å². The zero-order valence-electron chi connectivity index (χ0n) is 10.3. The molecule has 1 heterocycles. The summed E-state index contributed by atoms with van der Waals surface area (Å²) in [5.41, 5.74) is 0.977. The van der Waals surface area contributed by atoms with Gasteiger partial charge in [-0.3, -0.25) is 3.89 Å². The van der Waals surface area contributed by atoms with Gasteiger partial charge in [-0.25, -0.2) is 0 Å². The van der Waals surface area contributed by atoms with Crippen LogP contribution in [0, 0.1) is 0 Å². The maximum absolute atomic E-state index is 5.24. The highest BCUT2D eigenvalue weighted by molar-refractivity contribution is 7.93. The van der Waals surface area contributed by atoms with Crippen molar-refractivity contribution in [3.63, 3.8) is 0 Å². The van der Waals surface area contributed by atoms with Gasteiger partial charge in [0, 0.05) is 5.56 Å². The molecule has 0 N–H and O–H groups in total. The van der Waals surface area contributed by atoms with Crippen molar-refractivity contribution in [3.05, 3.63) is 30.3 Å². The molecular weight excluding hydrogens is 234 g/mol. The average molecular weight is 250 g/mol. The fraction of sp³-hybridized carbons (Fsp3) is 0.333. The molecule has 0 bridgehead atoms. The number of benzene rings is 1. The Morgan fingerprint density at radius 1 is 1.24 bits per heavy atom. The molecule has 0 spiro atoms. The Morgan fingerprint density at radius 3 is 2.59 bits per heavy atom. The molecular formula is C12H16N3OS+. The van der Waals surface area contributed by atoms with Gasteiger partial charge in [0.25, 0.3) is 0 Å². The highest BCUT2D eigenvalue weighted by Crippen LogP contribution is 2.27. The van der Waals surface area contributed by atoms with Gasteiger partial charge in [-0.15, -0.1) is 0 Å². The molecule has 17 heavy (non-hydrogen) atoms. The molecule has 0 amide bonds. The van der Waals surface area contributed by atoms with E-state index in [9.17, 15) is 0 Å². The number of hydrogen-bond donors (Lipinski definition) is 0. The Bertz CT molecular complexity index is 482. The van der Waals surface area contributed by atoms with Gasteiger partial charge in [-0.2, -0.15) is 4.98 Å². The van der Waals surface area contributed by atoms with Gasteiger partial charge in [-0.05, 0) is 6.92 Å². The van der Waals surface area contributed by atoms with Crippen molar-refractivity contribution in [1.82, 2.24) is 10.1 Å². The molecule has 5 heteroatoms. The summed E-state index contributed by atoms with van der Waals surface area (Å²) in [5.74, 6) is 0.643. The lowest BCUT2D eigenvalue weighted by Crippen LogP contribution is -2.30. The van der Waals surface area contributed by atoms with Crippen molar-refractivity contribution in [2.45, 2.75) is 12.1 Å². The molecule has 4 nitrogen and oxygen atoms in total. The molecule has 0 radical (unpaired) electrons. The normalized spacial score (nSPS) is 11.7. The first-order chi connectivity index (χ1) is 8.11. The van der Waals surface area contributed by atoms with Crippen LogP contribution >= 0.6 is 11.9 Å². The molecule has 0 atom stereocenters. The molecule has 0 aliphatic carbocycles. The summed E-state index contributed by atoms with van der Waals surface area (Å²) in [4.78, 5) is 4.38. The highest BCUT2D eigenvalue weighted by atomic mass is 32.2. The summed E-state index contributed by atoms with van der Waals surface area (Å²) < 4.78 is 6.00. The monoisotopic (exact) mass is 250 g/mol. The molecule has 2 aromatic rings. The summed E-state index contributed by atoms with van der Waals surface area (Å²) in [5, 5.41) is 4.60. The van der Waals surface area contributed by atoms with Crippen LogP contribution in [0.3, 0.4) is 0 Å². The van der Waals surface area contributed by atoms with Crippen molar-refractivity contribution in [2.24, 2.45) is 0 Å². The average Bonchev–Trinajstić information content (AvgIpc) is 2.78. The maximum atomic E-state index is 5.24. The first kappa shape index (κ1) is 12.1. The molecule has 1 aromatic heterocycles. The van der Waals surface area contributed by atoms with E-state index in [1.807, 2.05) is 30.3 Å². The third-order valence-electron chi connectivity index (χ3n) is 2.53. The number of hydrogen-bond acceptors (Lipinski definition) is 4. The van der Waals surface area contributed by atoms with E-state index in [4.69, 9.17) is 4.52 Å². The smallest absolute Gasteiger partial charge is 0.321 e. The van der Waals surface area contributed by atoms with Crippen LogP contribution in [0.15, 0.2) is 40.1 Å². The van der Waals surface area contributed by atoms with Crippen LogP contribution in [0.2, 0.25) is 0 Å². The predicted molar refractivity (Wildman–Crippen MR) is 68.2 cm³/mol. The fourth-order valence-electron chi connectivity index (χ4n) is 1.23. The third-order valence-corrected chi connectivity index (χ3v) is 3.60. The molecule has 0 fully saturated rings. The molecule has 0 saturated heterocycles. The van der Waals surface area contributed by atoms with Crippen molar-refractivity contribution in [1.29, 1.82) is 0 Å². The second kappa shape index (κ2) is 4.89.